The fourth-order valence-electron chi connectivity index (χ4n) is 3.03. The highest BCUT2D eigenvalue weighted by atomic mass is 16.5. The minimum absolute atomic E-state index is 0.356. The van der Waals surface area contributed by atoms with Crippen LogP contribution in [0.25, 0.3) is 22.9 Å². The predicted molar refractivity (Wildman–Crippen MR) is 104 cm³/mol. The molecule has 4 heteroatoms. The number of aromatic nitrogens is 1. The molecule has 0 saturated heterocycles. The first-order valence-electron chi connectivity index (χ1n) is 8.45. The first-order valence-corrected chi connectivity index (χ1v) is 8.45. The normalized spacial score (nSPS) is 11.0. The van der Waals surface area contributed by atoms with Crippen molar-refractivity contribution in [3.05, 3.63) is 78.1 Å². The molecule has 0 spiro atoms. The second-order valence-electron chi connectivity index (χ2n) is 5.95. The van der Waals surface area contributed by atoms with E-state index in [4.69, 9.17) is 9.84 Å². The van der Waals surface area contributed by atoms with Crippen molar-refractivity contribution < 1.29 is 14.6 Å². The largest absolute Gasteiger partial charge is 0.482 e. The monoisotopic (exact) mass is 347 g/mol. The minimum atomic E-state index is -0.992. The van der Waals surface area contributed by atoms with Gasteiger partial charge in [-0.25, -0.2) is 4.79 Å². The van der Waals surface area contributed by atoms with Gasteiger partial charge in [-0.1, -0.05) is 42.5 Å². The number of nitrogens with zero attached hydrogens (tertiary/aromatic N) is 1. The Bertz CT molecular complexity index is 939. The number of carboxylic acids is 1. The van der Waals surface area contributed by atoms with Crippen LogP contribution in [0.15, 0.2) is 66.7 Å². The van der Waals surface area contributed by atoms with Crippen molar-refractivity contribution in [3.8, 4) is 22.6 Å². The molecule has 0 aliphatic heterocycles. The number of carboxylic acid groups (broad SMARTS) is 1. The molecular weight excluding hydrogens is 326 g/mol. The number of hydrogen-bond acceptors (Lipinski definition) is 2. The van der Waals surface area contributed by atoms with Crippen LogP contribution in [-0.2, 0) is 4.79 Å². The van der Waals surface area contributed by atoms with E-state index in [2.05, 4.69) is 35.8 Å². The van der Waals surface area contributed by atoms with E-state index in [1.807, 2.05) is 49.4 Å². The van der Waals surface area contributed by atoms with E-state index in [1.165, 1.54) is 0 Å². The molecule has 0 aliphatic carbocycles. The third-order valence-corrected chi connectivity index (χ3v) is 4.14. The average molecular weight is 347 g/mol. The standard InChI is InChI=1S/C22H21NO3/c1-3-8-18-14-21(17-9-5-4-6-10-17)16(2)23(18)19-11-7-12-20(13-19)26-15-22(24)25/h3-14H,15H2,1-2H3,(H,24,25)/b8-3+. The lowest BCUT2D eigenvalue weighted by molar-refractivity contribution is -0.139. The van der Waals surface area contributed by atoms with E-state index in [0.717, 1.165) is 28.2 Å². The number of aliphatic carboxylic acids is 1. The molecule has 3 rings (SSSR count). The third-order valence-electron chi connectivity index (χ3n) is 4.14. The van der Waals surface area contributed by atoms with Crippen LogP contribution < -0.4 is 4.74 Å². The number of rotatable bonds is 6. The SMILES string of the molecule is C/C=C/c1cc(-c2ccccc2)c(C)n1-c1cccc(OCC(=O)O)c1. The Labute approximate surface area is 153 Å². The van der Waals surface area contributed by atoms with Gasteiger partial charge in [0.2, 0.25) is 0 Å². The molecule has 0 radical (unpaired) electrons. The van der Waals surface area contributed by atoms with E-state index >= 15 is 0 Å². The lowest BCUT2D eigenvalue weighted by Crippen LogP contribution is -2.09. The molecular formula is C22H21NO3. The maximum atomic E-state index is 10.7. The molecule has 0 amide bonds. The van der Waals surface area contributed by atoms with Crippen molar-refractivity contribution in [2.75, 3.05) is 6.61 Å². The highest BCUT2D eigenvalue weighted by molar-refractivity contribution is 5.72. The second kappa shape index (κ2) is 7.74. The highest BCUT2D eigenvalue weighted by Crippen LogP contribution is 2.31. The second-order valence-corrected chi connectivity index (χ2v) is 5.95. The summed E-state index contributed by atoms with van der Waals surface area (Å²) in [6, 6.07) is 19.9. The average Bonchev–Trinajstić information content (AvgIpc) is 2.97. The Morgan fingerprint density at radius 3 is 2.58 bits per heavy atom. The van der Waals surface area contributed by atoms with Crippen LogP contribution in [0, 0.1) is 6.92 Å². The summed E-state index contributed by atoms with van der Waals surface area (Å²) in [5, 5.41) is 8.81. The zero-order chi connectivity index (χ0) is 18.5. The molecule has 26 heavy (non-hydrogen) atoms. The summed E-state index contributed by atoms with van der Waals surface area (Å²) in [5.41, 5.74) is 5.42. The van der Waals surface area contributed by atoms with Gasteiger partial charge in [-0.3, -0.25) is 0 Å². The first kappa shape index (κ1) is 17.5. The predicted octanol–water partition coefficient (Wildman–Crippen LogP) is 4.95. The number of carbonyl (C=O) groups is 1. The first-order chi connectivity index (χ1) is 12.6. The summed E-state index contributed by atoms with van der Waals surface area (Å²) in [7, 11) is 0. The third kappa shape index (κ3) is 3.70. The molecule has 1 N–H and O–H groups in total. The summed E-state index contributed by atoms with van der Waals surface area (Å²) in [6.45, 7) is 3.71. The van der Waals surface area contributed by atoms with Crippen LogP contribution in [-0.4, -0.2) is 22.2 Å². The minimum Gasteiger partial charge on any atom is -0.482 e. The molecule has 3 aromatic rings. The Hall–Kier alpha value is -3.27. The fourth-order valence-corrected chi connectivity index (χ4v) is 3.03. The molecule has 0 fully saturated rings. The number of ether oxygens (including phenoxy) is 1. The lowest BCUT2D eigenvalue weighted by atomic mass is 10.1. The molecule has 2 aromatic carbocycles. The van der Waals surface area contributed by atoms with Crippen molar-refractivity contribution in [3.63, 3.8) is 0 Å². The van der Waals surface area contributed by atoms with Gasteiger partial charge in [0, 0.05) is 28.7 Å². The van der Waals surface area contributed by atoms with Crippen molar-refractivity contribution in [1.82, 2.24) is 4.57 Å². The van der Waals surface area contributed by atoms with Crippen LogP contribution in [0.3, 0.4) is 0 Å². The molecule has 0 bridgehead atoms. The van der Waals surface area contributed by atoms with Crippen LogP contribution >= 0.6 is 0 Å². The zero-order valence-electron chi connectivity index (χ0n) is 14.8. The lowest BCUT2D eigenvalue weighted by Gasteiger charge is -2.12. The smallest absolute Gasteiger partial charge is 0.341 e. The summed E-state index contributed by atoms with van der Waals surface area (Å²) in [6.07, 6.45) is 4.06. The molecule has 4 nitrogen and oxygen atoms in total. The quantitative estimate of drug-likeness (QED) is 0.686. The van der Waals surface area contributed by atoms with E-state index in [9.17, 15) is 4.79 Å². The van der Waals surface area contributed by atoms with Gasteiger partial charge in [0.25, 0.3) is 0 Å². The number of allylic oxidation sites excluding steroid dienone is 1. The van der Waals surface area contributed by atoms with Gasteiger partial charge in [-0.05, 0) is 43.7 Å². The van der Waals surface area contributed by atoms with Crippen molar-refractivity contribution in [2.24, 2.45) is 0 Å². The molecule has 0 aliphatic rings. The molecule has 0 atom stereocenters. The van der Waals surface area contributed by atoms with Crippen molar-refractivity contribution >= 4 is 12.0 Å². The van der Waals surface area contributed by atoms with Gasteiger partial charge in [0.15, 0.2) is 6.61 Å². The number of hydrogen-bond donors (Lipinski definition) is 1. The summed E-state index contributed by atoms with van der Waals surface area (Å²) < 4.78 is 7.48. The van der Waals surface area contributed by atoms with Gasteiger partial charge < -0.3 is 14.4 Å². The molecule has 1 aromatic heterocycles. The molecule has 132 valence electrons. The Kier molecular flexibility index (Phi) is 5.23. The van der Waals surface area contributed by atoms with Crippen LogP contribution in [0.5, 0.6) is 5.75 Å². The maximum absolute atomic E-state index is 10.7. The summed E-state index contributed by atoms with van der Waals surface area (Å²) in [5.74, 6) is -0.459. The van der Waals surface area contributed by atoms with E-state index in [0.29, 0.717) is 5.75 Å². The van der Waals surface area contributed by atoms with Crippen molar-refractivity contribution in [2.45, 2.75) is 13.8 Å². The van der Waals surface area contributed by atoms with Crippen LogP contribution in [0.1, 0.15) is 18.3 Å². The van der Waals surface area contributed by atoms with Crippen molar-refractivity contribution in [1.29, 1.82) is 0 Å². The Balaban J connectivity index is 2.08. The molecule has 0 saturated carbocycles. The van der Waals surface area contributed by atoms with Gasteiger partial charge >= 0.3 is 5.97 Å². The number of benzene rings is 2. The Morgan fingerprint density at radius 2 is 1.88 bits per heavy atom. The van der Waals surface area contributed by atoms with Gasteiger partial charge in [-0.15, -0.1) is 0 Å². The summed E-state index contributed by atoms with van der Waals surface area (Å²) in [4.78, 5) is 10.7. The van der Waals surface area contributed by atoms with Gasteiger partial charge in [-0.2, -0.15) is 0 Å². The topological polar surface area (TPSA) is 51.5 Å². The van der Waals surface area contributed by atoms with E-state index in [1.54, 1.807) is 6.07 Å². The van der Waals surface area contributed by atoms with Gasteiger partial charge in [0.05, 0.1) is 0 Å². The van der Waals surface area contributed by atoms with Crippen LogP contribution in [0.4, 0.5) is 0 Å². The maximum Gasteiger partial charge on any atom is 0.341 e. The fraction of sp³-hybridized carbons (Fsp3) is 0.136. The molecule has 1 heterocycles. The summed E-state index contributed by atoms with van der Waals surface area (Å²) >= 11 is 0. The zero-order valence-corrected chi connectivity index (χ0v) is 14.8. The Morgan fingerprint density at radius 1 is 1.12 bits per heavy atom. The van der Waals surface area contributed by atoms with E-state index in [-0.39, 0.29) is 6.61 Å². The van der Waals surface area contributed by atoms with Crippen LogP contribution in [0.2, 0.25) is 0 Å². The van der Waals surface area contributed by atoms with E-state index < -0.39 is 5.97 Å². The van der Waals surface area contributed by atoms with Gasteiger partial charge in [0.1, 0.15) is 5.75 Å². The molecule has 0 unspecified atom stereocenters. The highest BCUT2D eigenvalue weighted by Gasteiger charge is 2.13.